The van der Waals surface area contributed by atoms with Gasteiger partial charge in [-0.3, -0.25) is 0 Å². The van der Waals surface area contributed by atoms with Crippen molar-refractivity contribution in [3.63, 3.8) is 0 Å². The molecule has 0 amide bonds. The monoisotopic (exact) mass is 197 g/mol. The minimum Gasteiger partial charge on any atom is -0.475 e. The lowest BCUT2D eigenvalue weighted by Gasteiger charge is -1.98. The highest BCUT2D eigenvalue weighted by atomic mass is 19.1. The third kappa shape index (κ3) is 2.56. The number of hydrogen-bond acceptors (Lipinski definition) is 3. The van der Waals surface area contributed by atoms with Crippen molar-refractivity contribution in [3.8, 4) is 0 Å². The molecule has 74 valence electrons. The first-order valence-corrected chi connectivity index (χ1v) is 3.71. The topological polar surface area (TPSA) is 72.5 Å². The summed E-state index contributed by atoms with van der Waals surface area (Å²) in [6.07, 6.45) is 1.20. The maximum absolute atomic E-state index is 12.5. The molecule has 0 fully saturated rings. The second-order valence-corrected chi connectivity index (χ2v) is 2.48. The van der Waals surface area contributed by atoms with Crippen molar-refractivity contribution in [2.24, 2.45) is 5.90 Å². The molecule has 1 aromatic carbocycles. The number of halogens is 1. The van der Waals surface area contributed by atoms with Gasteiger partial charge in [-0.25, -0.2) is 9.18 Å². The molecule has 0 aromatic heterocycles. The van der Waals surface area contributed by atoms with Crippen molar-refractivity contribution in [2.75, 3.05) is 0 Å². The Labute approximate surface area is 79.4 Å². The van der Waals surface area contributed by atoms with E-state index in [4.69, 9.17) is 11.0 Å². The summed E-state index contributed by atoms with van der Waals surface area (Å²) in [5.74, 6) is 2.65. The molecule has 0 heterocycles. The Kier molecular flexibility index (Phi) is 3.19. The van der Waals surface area contributed by atoms with E-state index < -0.39 is 17.5 Å². The third-order valence-electron chi connectivity index (χ3n) is 1.51. The normalized spacial score (nSPS) is 11.1. The highest BCUT2D eigenvalue weighted by molar-refractivity contribution is 5.89. The van der Waals surface area contributed by atoms with E-state index in [1.807, 2.05) is 0 Å². The zero-order valence-electron chi connectivity index (χ0n) is 7.11. The Morgan fingerprint density at radius 3 is 2.43 bits per heavy atom. The summed E-state index contributed by atoms with van der Waals surface area (Å²) in [6.45, 7) is 0. The third-order valence-corrected chi connectivity index (χ3v) is 1.51. The molecule has 0 saturated carbocycles. The molecule has 1 aromatic rings. The molecule has 0 saturated heterocycles. The molecule has 0 atom stereocenters. The number of nitrogens with two attached hydrogens (primary N) is 1. The van der Waals surface area contributed by atoms with E-state index in [1.54, 1.807) is 0 Å². The Balaban J connectivity index is 2.95. The molecule has 0 unspecified atom stereocenters. The standard InChI is InChI=1S/C9H8FNO3/c10-7-3-1-6(2-4-7)5-8(14-11)9(12)13/h1-5H,11H2,(H,12,13). The van der Waals surface area contributed by atoms with Crippen LogP contribution in [0.3, 0.4) is 0 Å². The van der Waals surface area contributed by atoms with Crippen LogP contribution in [0.15, 0.2) is 30.0 Å². The largest absolute Gasteiger partial charge is 0.475 e. The predicted molar refractivity (Wildman–Crippen MR) is 47.3 cm³/mol. The highest BCUT2D eigenvalue weighted by Crippen LogP contribution is 2.08. The zero-order valence-corrected chi connectivity index (χ0v) is 7.11. The van der Waals surface area contributed by atoms with E-state index >= 15 is 0 Å². The molecule has 4 nitrogen and oxygen atoms in total. The van der Waals surface area contributed by atoms with Crippen LogP contribution in [0.4, 0.5) is 4.39 Å². The molecule has 0 aliphatic heterocycles. The van der Waals surface area contributed by atoms with Crippen LogP contribution >= 0.6 is 0 Å². The van der Waals surface area contributed by atoms with Gasteiger partial charge in [0.1, 0.15) is 5.82 Å². The number of hydrogen-bond donors (Lipinski definition) is 2. The van der Waals surface area contributed by atoms with Gasteiger partial charge in [0.2, 0.25) is 5.76 Å². The van der Waals surface area contributed by atoms with Crippen LogP contribution in [0.1, 0.15) is 5.56 Å². The van der Waals surface area contributed by atoms with Gasteiger partial charge in [-0.2, -0.15) is 5.90 Å². The summed E-state index contributed by atoms with van der Waals surface area (Å²) >= 11 is 0. The fraction of sp³-hybridized carbons (Fsp3) is 0. The number of carbonyl (C=O) groups is 1. The Morgan fingerprint density at radius 2 is 2.00 bits per heavy atom. The van der Waals surface area contributed by atoms with Gasteiger partial charge >= 0.3 is 5.97 Å². The number of aliphatic carboxylic acids is 1. The van der Waals surface area contributed by atoms with Crippen LogP contribution in [0.5, 0.6) is 0 Å². The summed E-state index contributed by atoms with van der Waals surface area (Å²) in [4.78, 5) is 14.6. The van der Waals surface area contributed by atoms with Crippen molar-refractivity contribution in [3.05, 3.63) is 41.4 Å². The Hall–Kier alpha value is -1.88. The second-order valence-electron chi connectivity index (χ2n) is 2.48. The van der Waals surface area contributed by atoms with E-state index in [0.717, 1.165) is 0 Å². The minimum atomic E-state index is -1.28. The zero-order chi connectivity index (χ0) is 10.6. The second kappa shape index (κ2) is 4.38. The van der Waals surface area contributed by atoms with E-state index in [0.29, 0.717) is 5.56 Å². The Bertz CT molecular complexity index is 359. The summed E-state index contributed by atoms with van der Waals surface area (Å²) in [5, 5.41) is 8.54. The molecule has 0 bridgehead atoms. The Morgan fingerprint density at radius 1 is 1.43 bits per heavy atom. The van der Waals surface area contributed by atoms with Crippen molar-refractivity contribution < 1.29 is 19.1 Å². The van der Waals surface area contributed by atoms with Gasteiger partial charge in [0, 0.05) is 0 Å². The van der Waals surface area contributed by atoms with Crippen LogP contribution < -0.4 is 5.90 Å². The number of carboxylic acids is 1. The van der Waals surface area contributed by atoms with Crippen molar-refractivity contribution in [1.82, 2.24) is 0 Å². The fourth-order valence-corrected chi connectivity index (χ4v) is 0.857. The number of benzene rings is 1. The van der Waals surface area contributed by atoms with Gasteiger partial charge in [0.15, 0.2) is 0 Å². The highest BCUT2D eigenvalue weighted by Gasteiger charge is 2.07. The van der Waals surface area contributed by atoms with Crippen molar-refractivity contribution in [1.29, 1.82) is 0 Å². The first-order valence-electron chi connectivity index (χ1n) is 3.71. The average molecular weight is 197 g/mol. The maximum atomic E-state index is 12.5. The van der Waals surface area contributed by atoms with Crippen LogP contribution in [0.25, 0.3) is 6.08 Å². The van der Waals surface area contributed by atoms with E-state index in [2.05, 4.69) is 4.84 Å². The SMILES string of the molecule is NOC(=Cc1ccc(F)cc1)C(=O)O. The minimum absolute atomic E-state index is 0.396. The molecule has 3 N–H and O–H groups in total. The summed E-state index contributed by atoms with van der Waals surface area (Å²) in [7, 11) is 0. The maximum Gasteiger partial charge on any atom is 0.373 e. The van der Waals surface area contributed by atoms with Crippen LogP contribution in [-0.2, 0) is 9.63 Å². The molecular weight excluding hydrogens is 189 g/mol. The van der Waals surface area contributed by atoms with Gasteiger partial charge in [-0.05, 0) is 23.8 Å². The first kappa shape index (κ1) is 10.2. The lowest BCUT2D eigenvalue weighted by Crippen LogP contribution is -2.08. The van der Waals surface area contributed by atoms with Crippen molar-refractivity contribution in [2.45, 2.75) is 0 Å². The molecule has 14 heavy (non-hydrogen) atoms. The summed E-state index contributed by atoms with van der Waals surface area (Å²) < 4.78 is 12.5. The quantitative estimate of drug-likeness (QED) is 0.433. The molecule has 0 aliphatic rings. The van der Waals surface area contributed by atoms with E-state index in [1.165, 1.54) is 30.3 Å². The lowest BCUT2D eigenvalue weighted by atomic mass is 10.2. The van der Waals surface area contributed by atoms with Crippen molar-refractivity contribution >= 4 is 12.0 Å². The van der Waals surface area contributed by atoms with Gasteiger partial charge in [0.25, 0.3) is 0 Å². The average Bonchev–Trinajstić information content (AvgIpc) is 2.16. The molecular formula is C9H8FNO3. The van der Waals surface area contributed by atoms with Crippen LogP contribution in [-0.4, -0.2) is 11.1 Å². The van der Waals surface area contributed by atoms with E-state index in [9.17, 15) is 9.18 Å². The first-order chi connectivity index (χ1) is 6.63. The summed E-state index contributed by atoms with van der Waals surface area (Å²) in [6, 6.07) is 5.25. The van der Waals surface area contributed by atoms with Gasteiger partial charge in [0.05, 0.1) is 0 Å². The number of rotatable bonds is 3. The summed E-state index contributed by atoms with van der Waals surface area (Å²) in [5.41, 5.74) is 0.495. The van der Waals surface area contributed by atoms with Crippen LogP contribution in [0.2, 0.25) is 0 Å². The molecule has 0 spiro atoms. The van der Waals surface area contributed by atoms with Gasteiger partial charge < -0.3 is 9.94 Å². The van der Waals surface area contributed by atoms with Crippen LogP contribution in [0, 0.1) is 5.82 Å². The predicted octanol–water partition coefficient (Wildman–Crippen LogP) is 1.14. The molecule has 5 heteroatoms. The lowest BCUT2D eigenvalue weighted by molar-refractivity contribution is -0.136. The molecule has 0 radical (unpaired) electrons. The van der Waals surface area contributed by atoms with Gasteiger partial charge in [-0.15, -0.1) is 0 Å². The number of carboxylic acid groups (broad SMARTS) is 1. The molecule has 1 rings (SSSR count). The van der Waals surface area contributed by atoms with E-state index in [-0.39, 0.29) is 0 Å². The van der Waals surface area contributed by atoms with Gasteiger partial charge in [-0.1, -0.05) is 12.1 Å². The molecule has 0 aliphatic carbocycles. The fourth-order valence-electron chi connectivity index (χ4n) is 0.857. The smallest absolute Gasteiger partial charge is 0.373 e.